The maximum atomic E-state index is 12.2. The third-order valence-electron chi connectivity index (χ3n) is 3.56. The van der Waals surface area contributed by atoms with Crippen LogP contribution in [-0.2, 0) is 6.42 Å². The Morgan fingerprint density at radius 3 is 2.57 bits per heavy atom. The van der Waals surface area contributed by atoms with Gasteiger partial charge in [-0.2, -0.15) is 0 Å². The van der Waals surface area contributed by atoms with Crippen molar-refractivity contribution in [1.29, 1.82) is 0 Å². The second kappa shape index (κ2) is 5.55. The van der Waals surface area contributed by atoms with E-state index in [4.69, 9.17) is 27.6 Å². The van der Waals surface area contributed by atoms with Crippen LogP contribution in [0.25, 0.3) is 11.0 Å². The van der Waals surface area contributed by atoms with Gasteiger partial charge in [0.1, 0.15) is 5.58 Å². The Hall–Kier alpha value is -1.77. The lowest BCUT2D eigenvalue weighted by Crippen LogP contribution is -2.10. The highest BCUT2D eigenvalue weighted by molar-refractivity contribution is 6.42. The van der Waals surface area contributed by atoms with Crippen LogP contribution in [0.1, 0.15) is 16.7 Å². The van der Waals surface area contributed by atoms with Crippen molar-refractivity contribution in [3.63, 3.8) is 0 Å². The fourth-order valence-electron chi connectivity index (χ4n) is 2.40. The van der Waals surface area contributed by atoms with Crippen LogP contribution >= 0.6 is 23.2 Å². The molecule has 0 radical (unpaired) electrons. The Kier molecular flexibility index (Phi) is 3.75. The number of fused-ring (bicyclic) bond motifs is 1. The summed E-state index contributed by atoms with van der Waals surface area (Å²) in [5.74, 6) is 0. The van der Waals surface area contributed by atoms with Crippen LogP contribution < -0.4 is 5.63 Å². The van der Waals surface area contributed by atoms with Crippen LogP contribution in [0, 0.1) is 6.92 Å². The molecule has 3 rings (SSSR count). The van der Waals surface area contributed by atoms with E-state index in [-0.39, 0.29) is 5.63 Å². The summed E-state index contributed by atoms with van der Waals surface area (Å²) < 4.78 is 5.39. The second-order valence-electron chi connectivity index (χ2n) is 4.91. The fourth-order valence-corrected chi connectivity index (χ4v) is 2.72. The Balaban J connectivity index is 2.12. The minimum Gasteiger partial charge on any atom is -0.423 e. The number of hydrogen-bond donors (Lipinski definition) is 0. The molecule has 0 atom stereocenters. The van der Waals surface area contributed by atoms with Gasteiger partial charge in [-0.3, -0.25) is 0 Å². The van der Waals surface area contributed by atoms with Gasteiger partial charge < -0.3 is 4.42 Å². The molecule has 0 saturated heterocycles. The first-order valence-electron chi connectivity index (χ1n) is 6.51. The molecular weight excluding hydrogens is 307 g/mol. The Morgan fingerprint density at radius 2 is 1.81 bits per heavy atom. The van der Waals surface area contributed by atoms with E-state index < -0.39 is 0 Å². The summed E-state index contributed by atoms with van der Waals surface area (Å²) in [5.41, 5.74) is 2.81. The lowest BCUT2D eigenvalue weighted by molar-refractivity contribution is 0.551. The topological polar surface area (TPSA) is 30.2 Å². The predicted octanol–water partition coefficient (Wildman–Crippen LogP) is 5.00. The van der Waals surface area contributed by atoms with E-state index in [9.17, 15) is 4.79 Å². The highest BCUT2D eigenvalue weighted by Crippen LogP contribution is 2.25. The summed E-state index contributed by atoms with van der Waals surface area (Å²) in [7, 11) is 0. The van der Waals surface area contributed by atoms with Gasteiger partial charge in [-0.25, -0.2) is 4.79 Å². The third kappa shape index (κ3) is 2.69. The average Bonchev–Trinajstić information content (AvgIpc) is 2.47. The molecule has 0 N–H and O–H groups in total. The standard InChI is InChI=1S/C17H12Cl2O2/c1-10-12-4-2-3-5-16(12)21-17(20)13(10)8-11-6-7-14(18)15(19)9-11/h2-7,9H,8H2,1H3. The third-order valence-corrected chi connectivity index (χ3v) is 4.30. The highest BCUT2D eigenvalue weighted by Gasteiger charge is 2.12. The molecule has 3 aromatic rings. The van der Waals surface area contributed by atoms with E-state index in [1.165, 1.54) is 0 Å². The fraction of sp³-hybridized carbons (Fsp3) is 0.118. The smallest absolute Gasteiger partial charge is 0.340 e. The molecule has 1 aromatic heterocycles. The number of hydrogen-bond acceptors (Lipinski definition) is 2. The molecule has 0 aliphatic rings. The summed E-state index contributed by atoms with van der Waals surface area (Å²) in [6.07, 6.45) is 0.468. The lowest BCUT2D eigenvalue weighted by atomic mass is 10.00. The van der Waals surface area contributed by atoms with Crippen LogP contribution in [0.15, 0.2) is 51.7 Å². The van der Waals surface area contributed by atoms with Crippen LogP contribution in [0.3, 0.4) is 0 Å². The van der Waals surface area contributed by atoms with Crippen LogP contribution in [0.2, 0.25) is 10.0 Å². The monoisotopic (exact) mass is 318 g/mol. The lowest BCUT2D eigenvalue weighted by Gasteiger charge is -2.08. The summed E-state index contributed by atoms with van der Waals surface area (Å²) in [4.78, 5) is 12.2. The van der Waals surface area contributed by atoms with Gasteiger partial charge in [-0.05, 0) is 36.2 Å². The zero-order chi connectivity index (χ0) is 15.0. The van der Waals surface area contributed by atoms with Gasteiger partial charge in [0.05, 0.1) is 10.0 Å². The van der Waals surface area contributed by atoms with Crippen molar-refractivity contribution in [3.05, 3.63) is 79.6 Å². The Morgan fingerprint density at radius 1 is 1.05 bits per heavy atom. The van der Waals surface area contributed by atoms with E-state index in [1.54, 1.807) is 18.2 Å². The summed E-state index contributed by atoms with van der Waals surface area (Å²) in [6.45, 7) is 1.94. The van der Waals surface area contributed by atoms with Crippen LogP contribution in [0.4, 0.5) is 0 Å². The molecule has 21 heavy (non-hydrogen) atoms. The highest BCUT2D eigenvalue weighted by atomic mass is 35.5. The predicted molar refractivity (Wildman–Crippen MR) is 86.5 cm³/mol. The van der Waals surface area contributed by atoms with Gasteiger partial charge >= 0.3 is 5.63 Å². The number of para-hydroxylation sites is 1. The molecule has 0 amide bonds. The van der Waals surface area contributed by atoms with E-state index in [0.717, 1.165) is 16.5 Å². The molecule has 2 nitrogen and oxygen atoms in total. The zero-order valence-electron chi connectivity index (χ0n) is 11.3. The summed E-state index contributed by atoms with van der Waals surface area (Å²) in [5, 5.41) is 1.94. The van der Waals surface area contributed by atoms with E-state index >= 15 is 0 Å². The average molecular weight is 319 g/mol. The SMILES string of the molecule is Cc1c(Cc2ccc(Cl)c(Cl)c2)c(=O)oc2ccccc12. The number of rotatable bonds is 2. The molecule has 0 aliphatic carbocycles. The molecule has 2 aromatic carbocycles. The maximum absolute atomic E-state index is 12.2. The van der Waals surface area contributed by atoms with Gasteiger partial charge in [-0.1, -0.05) is 47.5 Å². The number of aryl methyl sites for hydroxylation is 1. The first-order chi connectivity index (χ1) is 10.1. The van der Waals surface area contributed by atoms with Crippen molar-refractivity contribution in [3.8, 4) is 0 Å². The molecular formula is C17H12Cl2O2. The molecule has 4 heteroatoms. The van der Waals surface area contributed by atoms with Crippen molar-refractivity contribution in [1.82, 2.24) is 0 Å². The molecule has 0 saturated carbocycles. The Bertz CT molecular complexity index is 882. The molecule has 0 bridgehead atoms. The van der Waals surface area contributed by atoms with Crippen molar-refractivity contribution in [2.45, 2.75) is 13.3 Å². The molecule has 1 heterocycles. The van der Waals surface area contributed by atoms with E-state index in [1.807, 2.05) is 31.2 Å². The molecule has 106 valence electrons. The van der Waals surface area contributed by atoms with Gasteiger partial charge in [0.25, 0.3) is 0 Å². The van der Waals surface area contributed by atoms with Gasteiger partial charge in [0, 0.05) is 17.4 Å². The number of benzene rings is 2. The molecule has 0 aliphatic heterocycles. The Labute approximate surface area is 131 Å². The van der Waals surface area contributed by atoms with Gasteiger partial charge in [0.15, 0.2) is 0 Å². The van der Waals surface area contributed by atoms with E-state index in [0.29, 0.717) is 27.6 Å². The molecule has 0 spiro atoms. The van der Waals surface area contributed by atoms with Crippen molar-refractivity contribution in [2.75, 3.05) is 0 Å². The normalized spacial score (nSPS) is 11.0. The van der Waals surface area contributed by atoms with Gasteiger partial charge in [0.2, 0.25) is 0 Å². The summed E-state index contributed by atoms with van der Waals surface area (Å²) in [6, 6.07) is 12.9. The van der Waals surface area contributed by atoms with E-state index in [2.05, 4.69) is 0 Å². The van der Waals surface area contributed by atoms with Crippen molar-refractivity contribution in [2.24, 2.45) is 0 Å². The largest absolute Gasteiger partial charge is 0.423 e. The minimum absolute atomic E-state index is 0.308. The second-order valence-corrected chi connectivity index (χ2v) is 5.73. The first-order valence-corrected chi connectivity index (χ1v) is 7.27. The maximum Gasteiger partial charge on any atom is 0.340 e. The first kappa shape index (κ1) is 14.2. The van der Waals surface area contributed by atoms with Gasteiger partial charge in [-0.15, -0.1) is 0 Å². The van der Waals surface area contributed by atoms with Crippen molar-refractivity contribution < 1.29 is 4.42 Å². The summed E-state index contributed by atoms with van der Waals surface area (Å²) >= 11 is 11.9. The minimum atomic E-state index is -0.308. The zero-order valence-corrected chi connectivity index (χ0v) is 12.8. The van der Waals surface area contributed by atoms with Crippen LogP contribution in [-0.4, -0.2) is 0 Å². The molecule has 0 fully saturated rings. The van der Waals surface area contributed by atoms with Crippen molar-refractivity contribution >= 4 is 34.2 Å². The van der Waals surface area contributed by atoms with Crippen LogP contribution in [0.5, 0.6) is 0 Å². The molecule has 0 unspecified atom stereocenters. The quantitative estimate of drug-likeness (QED) is 0.622. The number of halogens is 2.